The van der Waals surface area contributed by atoms with E-state index in [1.165, 1.54) is 36.0 Å². The van der Waals surface area contributed by atoms with Crippen molar-refractivity contribution in [3.8, 4) is 28.3 Å². The first-order valence-corrected chi connectivity index (χ1v) is 12.1. The van der Waals surface area contributed by atoms with Gasteiger partial charge in [0.05, 0.1) is 22.5 Å². The van der Waals surface area contributed by atoms with Crippen LogP contribution in [0.1, 0.15) is 16.7 Å². The summed E-state index contributed by atoms with van der Waals surface area (Å²) in [6.45, 7) is 1.25. The second kappa shape index (κ2) is 11.0. The maximum absolute atomic E-state index is 13.0. The minimum atomic E-state index is -4.51. The van der Waals surface area contributed by atoms with Gasteiger partial charge in [-0.25, -0.2) is 9.78 Å². The molecule has 4 rings (SSSR count). The first kappa shape index (κ1) is 28.0. The molecule has 0 radical (unpaired) electrons. The SMILES string of the molecule is Cc1cc(Sc2cc(-c3ccc(C(F)(F)F)cc3)nc(-c3ccc(C(F)(F)F)cc3)c2)ccc1OCC(=O)O. The van der Waals surface area contributed by atoms with Gasteiger partial charge >= 0.3 is 18.3 Å². The minimum Gasteiger partial charge on any atom is -0.482 e. The van der Waals surface area contributed by atoms with E-state index in [1.807, 2.05) is 0 Å². The van der Waals surface area contributed by atoms with Crippen molar-refractivity contribution in [3.63, 3.8) is 0 Å². The van der Waals surface area contributed by atoms with Gasteiger partial charge in [-0.2, -0.15) is 26.3 Å². The number of hydrogen-bond donors (Lipinski definition) is 1. The molecule has 0 saturated carbocycles. The molecule has 4 nitrogen and oxygen atoms in total. The Hall–Kier alpha value is -3.99. The lowest BCUT2D eigenvalue weighted by Gasteiger charge is -2.13. The molecule has 0 amide bonds. The number of rotatable bonds is 7. The van der Waals surface area contributed by atoms with Crippen LogP contribution in [-0.4, -0.2) is 22.7 Å². The third kappa shape index (κ3) is 7.11. The number of carboxylic acids is 1. The molecule has 11 heteroatoms. The molecule has 0 aliphatic heterocycles. The summed E-state index contributed by atoms with van der Waals surface area (Å²) < 4.78 is 83.5. The Morgan fingerprint density at radius 2 is 1.26 bits per heavy atom. The lowest BCUT2D eigenvalue weighted by Crippen LogP contribution is -2.09. The van der Waals surface area contributed by atoms with Crippen LogP contribution in [0.3, 0.4) is 0 Å². The number of carboxylic acid groups (broad SMARTS) is 1. The quantitative estimate of drug-likeness (QED) is 0.229. The number of hydrogen-bond acceptors (Lipinski definition) is 4. The van der Waals surface area contributed by atoms with Gasteiger partial charge < -0.3 is 9.84 Å². The third-order valence-electron chi connectivity index (χ3n) is 5.55. The molecule has 202 valence electrons. The van der Waals surface area contributed by atoms with Crippen molar-refractivity contribution in [1.29, 1.82) is 0 Å². The summed E-state index contributed by atoms with van der Waals surface area (Å²) in [6.07, 6.45) is -9.01. The molecule has 0 fully saturated rings. The maximum Gasteiger partial charge on any atom is 0.416 e. The zero-order valence-corrected chi connectivity index (χ0v) is 20.9. The number of aromatic nitrogens is 1. The van der Waals surface area contributed by atoms with E-state index in [0.29, 0.717) is 38.7 Å². The number of alkyl halides is 6. The predicted octanol–water partition coefficient (Wildman–Crippen LogP) is 8.38. The van der Waals surface area contributed by atoms with Crippen molar-refractivity contribution in [2.45, 2.75) is 29.1 Å². The molecule has 0 saturated heterocycles. The lowest BCUT2D eigenvalue weighted by atomic mass is 10.1. The topological polar surface area (TPSA) is 59.4 Å². The number of carbonyl (C=O) groups is 1. The lowest BCUT2D eigenvalue weighted by molar-refractivity contribution is -0.139. The van der Waals surface area contributed by atoms with Gasteiger partial charge in [0.15, 0.2) is 6.61 Å². The van der Waals surface area contributed by atoms with Crippen LogP contribution in [0, 0.1) is 6.92 Å². The Kier molecular flexibility index (Phi) is 7.91. The van der Waals surface area contributed by atoms with Crippen LogP contribution in [-0.2, 0) is 17.1 Å². The van der Waals surface area contributed by atoms with E-state index in [0.717, 1.165) is 29.2 Å². The Bertz CT molecular complexity index is 1410. The smallest absolute Gasteiger partial charge is 0.416 e. The van der Waals surface area contributed by atoms with E-state index in [4.69, 9.17) is 9.84 Å². The highest BCUT2D eigenvalue weighted by Crippen LogP contribution is 2.37. The molecule has 4 aromatic rings. The Labute approximate surface area is 223 Å². The molecule has 1 heterocycles. The van der Waals surface area contributed by atoms with E-state index < -0.39 is 36.1 Å². The van der Waals surface area contributed by atoms with Crippen LogP contribution in [0.2, 0.25) is 0 Å². The highest BCUT2D eigenvalue weighted by molar-refractivity contribution is 7.99. The van der Waals surface area contributed by atoms with Crippen LogP contribution < -0.4 is 4.74 Å². The summed E-state index contributed by atoms with van der Waals surface area (Å²) in [5.41, 5.74) is 0.505. The molecule has 0 atom stereocenters. The Morgan fingerprint density at radius 1 is 0.769 bits per heavy atom. The van der Waals surface area contributed by atoms with Crippen LogP contribution in [0.25, 0.3) is 22.5 Å². The van der Waals surface area contributed by atoms with Gasteiger partial charge in [0.1, 0.15) is 5.75 Å². The molecule has 3 aromatic carbocycles. The number of aliphatic carboxylic acids is 1. The van der Waals surface area contributed by atoms with Gasteiger partial charge in [0.2, 0.25) is 0 Å². The fourth-order valence-corrected chi connectivity index (χ4v) is 4.63. The molecular formula is C28H19F6NO3S. The van der Waals surface area contributed by atoms with Gasteiger partial charge in [0.25, 0.3) is 0 Å². The Morgan fingerprint density at radius 3 is 1.67 bits per heavy atom. The summed E-state index contributed by atoms with van der Waals surface area (Å²) in [5, 5.41) is 8.82. The highest BCUT2D eigenvalue weighted by atomic mass is 32.2. The fourth-order valence-electron chi connectivity index (χ4n) is 3.64. The normalized spacial score (nSPS) is 11.9. The third-order valence-corrected chi connectivity index (χ3v) is 6.51. The number of aryl methyl sites for hydroxylation is 1. The summed E-state index contributed by atoms with van der Waals surface area (Å²) in [5.74, 6) is -0.719. The van der Waals surface area contributed by atoms with Crippen molar-refractivity contribution in [3.05, 3.63) is 95.6 Å². The number of pyridine rings is 1. The second-order valence-corrected chi connectivity index (χ2v) is 9.58. The highest BCUT2D eigenvalue weighted by Gasteiger charge is 2.31. The summed E-state index contributed by atoms with van der Waals surface area (Å²) in [6, 6.07) is 17.4. The summed E-state index contributed by atoms with van der Waals surface area (Å²) in [7, 11) is 0. The van der Waals surface area contributed by atoms with Crippen molar-refractivity contribution in [2.75, 3.05) is 6.61 Å². The molecule has 0 spiro atoms. The average molecular weight is 564 g/mol. The number of halogens is 6. The zero-order valence-electron chi connectivity index (χ0n) is 20.1. The number of ether oxygens (including phenoxy) is 1. The van der Waals surface area contributed by atoms with E-state index in [2.05, 4.69) is 4.98 Å². The van der Waals surface area contributed by atoms with Crippen LogP contribution in [0.15, 0.2) is 88.7 Å². The monoisotopic (exact) mass is 563 g/mol. The molecular weight excluding hydrogens is 544 g/mol. The fraction of sp³-hybridized carbons (Fsp3) is 0.143. The average Bonchev–Trinajstić information content (AvgIpc) is 2.87. The van der Waals surface area contributed by atoms with E-state index in [-0.39, 0.29) is 0 Å². The van der Waals surface area contributed by atoms with E-state index in [9.17, 15) is 31.1 Å². The summed E-state index contributed by atoms with van der Waals surface area (Å²) >= 11 is 1.30. The van der Waals surface area contributed by atoms with E-state index >= 15 is 0 Å². The first-order valence-electron chi connectivity index (χ1n) is 11.3. The molecule has 0 bridgehead atoms. The van der Waals surface area contributed by atoms with Gasteiger partial charge in [0, 0.05) is 20.9 Å². The molecule has 39 heavy (non-hydrogen) atoms. The largest absolute Gasteiger partial charge is 0.482 e. The molecule has 0 aliphatic rings. The molecule has 1 N–H and O–H groups in total. The predicted molar refractivity (Wildman–Crippen MR) is 134 cm³/mol. The van der Waals surface area contributed by atoms with Crippen molar-refractivity contribution in [2.24, 2.45) is 0 Å². The zero-order chi connectivity index (χ0) is 28.4. The summed E-state index contributed by atoms with van der Waals surface area (Å²) in [4.78, 5) is 16.7. The standard InChI is InChI=1S/C28H19F6NO3S/c1-16-12-21(10-11-25(16)38-15-26(36)37)39-22-13-23(17-2-6-19(7-3-17)27(29,30)31)35-24(14-22)18-4-8-20(9-5-18)28(32,33)34/h2-14H,15H2,1H3,(H,36,37). The van der Waals surface area contributed by atoms with Crippen LogP contribution in [0.4, 0.5) is 26.3 Å². The van der Waals surface area contributed by atoms with Crippen molar-refractivity contribution in [1.82, 2.24) is 4.98 Å². The molecule has 0 unspecified atom stereocenters. The maximum atomic E-state index is 13.0. The molecule has 1 aromatic heterocycles. The first-order chi connectivity index (χ1) is 18.3. The van der Waals surface area contributed by atoms with Gasteiger partial charge in [-0.1, -0.05) is 36.0 Å². The van der Waals surface area contributed by atoms with Crippen molar-refractivity contribution < 1.29 is 41.0 Å². The van der Waals surface area contributed by atoms with Gasteiger partial charge in [-0.15, -0.1) is 0 Å². The second-order valence-electron chi connectivity index (χ2n) is 8.44. The Balaban J connectivity index is 1.72. The number of benzene rings is 3. The molecule has 0 aliphatic carbocycles. The van der Waals surface area contributed by atoms with Gasteiger partial charge in [-0.3, -0.25) is 0 Å². The number of nitrogens with zero attached hydrogens (tertiary/aromatic N) is 1. The van der Waals surface area contributed by atoms with Gasteiger partial charge in [-0.05, 0) is 67.1 Å². The van der Waals surface area contributed by atoms with Crippen molar-refractivity contribution >= 4 is 17.7 Å². The van der Waals surface area contributed by atoms with E-state index in [1.54, 1.807) is 37.3 Å². The van der Waals surface area contributed by atoms with Crippen LogP contribution in [0.5, 0.6) is 5.75 Å². The minimum absolute atomic E-state index is 0.335. The van der Waals surface area contributed by atoms with Crippen LogP contribution >= 0.6 is 11.8 Å².